The third kappa shape index (κ3) is 6.10. The molecule has 2 aromatic rings. The molecular formula is C24H30N2O2S. The maximum Gasteiger partial charge on any atom is 0.255 e. The fourth-order valence-electron chi connectivity index (χ4n) is 3.58. The lowest BCUT2D eigenvalue weighted by Gasteiger charge is -2.35. The minimum Gasteiger partial charge on any atom is -0.339 e. The summed E-state index contributed by atoms with van der Waals surface area (Å²) in [5.74, 6) is 0.272. The first-order chi connectivity index (χ1) is 14.0. The van der Waals surface area contributed by atoms with Crippen molar-refractivity contribution in [2.75, 3.05) is 26.2 Å². The van der Waals surface area contributed by atoms with Crippen LogP contribution in [-0.2, 0) is 11.2 Å². The van der Waals surface area contributed by atoms with Crippen LogP contribution in [0.15, 0.2) is 59.5 Å². The van der Waals surface area contributed by atoms with Crippen LogP contribution in [0.1, 0.15) is 42.6 Å². The van der Waals surface area contributed by atoms with Crippen LogP contribution in [0, 0.1) is 0 Å². The smallest absolute Gasteiger partial charge is 0.255 e. The van der Waals surface area contributed by atoms with Gasteiger partial charge in [0.1, 0.15) is 0 Å². The van der Waals surface area contributed by atoms with E-state index in [9.17, 15) is 9.59 Å². The average molecular weight is 411 g/mol. The Balaban J connectivity index is 1.48. The number of hydrogen-bond donors (Lipinski definition) is 0. The molecule has 1 aliphatic heterocycles. The first-order valence-corrected chi connectivity index (χ1v) is 11.3. The van der Waals surface area contributed by atoms with Crippen molar-refractivity contribution in [1.82, 2.24) is 9.80 Å². The van der Waals surface area contributed by atoms with Crippen LogP contribution in [0.2, 0.25) is 0 Å². The summed E-state index contributed by atoms with van der Waals surface area (Å²) in [4.78, 5) is 30.4. The summed E-state index contributed by atoms with van der Waals surface area (Å²) in [5, 5.41) is 0.425. The second-order valence-corrected chi connectivity index (χ2v) is 9.29. The van der Waals surface area contributed by atoms with E-state index in [1.807, 2.05) is 52.3 Å². The van der Waals surface area contributed by atoms with Gasteiger partial charge in [0.05, 0.1) is 5.56 Å². The summed E-state index contributed by atoms with van der Waals surface area (Å²) < 4.78 is 0. The number of rotatable bonds is 7. The number of carbonyl (C=O) groups is 2. The maximum absolute atomic E-state index is 13.0. The van der Waals surface area contributed by atoms with Gasteiger partial charge in [-0.15, -0.1) is 11.8 Å². The second-order valence-electron chi connectivity index (χ2n) is 7.67. The Morgan fingerprint density at radius 3 is 2.21 bits per heavy atom. The van der Waals surface area contributed by atoms with Crippen LogP contribution in [0.4, 0.5) is 0 Å². The molecule has 5 heteroatoms. The summed E-state index contributed by atoms with van der Waals surface area (Å²) in [6.45, 7) is 6.71. The number of carbonyl (C=O) groups excluding carboxylic acids is 2. The van der Waals surface area contributed by atoms with E-state index in [2.05, 4.69) is 26.0 Å². The fraction of sp³-hybridized carbons (Fsp3) is 0.417. The highest BCUT2D eigenvalue weighted by molar-refractivity contribution is 8.00. The van der Waals surface area contributed by atoms with E-state index in [4.69, 9.17) is 0 Å². The molecule has 0 N–H and O–H groups in total. The largest absolute Gasteiger partial charge is 0.339 e. The molecule has 1 saturated heterocycles. The number of hydrogen-bond acceptors (Lipinski definition) is 3. The molecule has 0 atom stereocenters. The van der Waals surface area contributed by atoms with Gasteiger partial charge >= 0.3 is 0 Å². The molecule has 0 spiro atoms. The molecule has 0 unspecified atom stereocenters. The quantitative estimate of drug-likeness (QED) is 0.631. The Labute approximate surface area is 178 Å². The van der Waals surface area contributed by atoms with Crippen molar-refractivity contribution < 1.29 is 9.59 Å². The molecule has 0 aliphatic carbocycles. The summed E-state index contributed by atoms with van der Waals surface area (Å²) in [7, 11) is 0. The number of amides is 2. The Morgan fingerprint density at radius 1 is 0.897 bits per heavy atom. The van der Waals surface area contributed by atoms with Crippen molar-refractivity contribution >= 4 is 23.6 Å². The lowest BCUT2D eigenvalue weighted by molar-refractivity contribution is -0.132. The molecule has 1 heterocycles. The SMILES string of the molecule is CC(C)Sc1ccccc1C(=O)N1CCN(C(=O)CCCc2ccccc2)CC1. The van der Waals surface area contributed by atoms with Gasteiger partial charge in [0, 0.05) is 42.7 Å². The van der Waals surface area contributed by atoms with Gasteiger partial charge in [-0.05, 0) is 30.5 Å². The zero-order valence-corrected chi connectivity index (χ0v) is 18.2. The molecule has 154 valence electrons. The van der Waals surface area contributed by atoms with Crippen molar-refractivity contribution in [2.45, 2.75) is 43.3 Å². The minimum absolute atomic E-state index is 0.0740. The van der Waals surface area contributed by atoms with Crippen LogP contribution in [0.25, 0.3) is 0 Å². The number of nitrogens with zero attached hydrogens (tertiary/aromatic N) is 2. The predicted molar refractivity (Wildman–Crippen MR) is 119 cm³/mol. The standard InChI is InChI=1S/C24H30N2O2S/c1-19(2)29-22-13-7-6-12-21(22)24(28)26-17-15-25(16-18-26)23(27)14-8-11-20-9-4-3-5-10-20/h3-7,9-10,12-13,19H,8,11,14-18H2,1-2H3. The molecule has 0 radical (unpaired) electrons. The van der Waals surface area contributed by atoms with Gasteiger partial charge in [-0.2, -0.15) is 0 Å². The monoisotopic (exact) mass is 410 g/mol. The highest BCUT2D eigenvalue weighted by Gasteiger charge is 2.26. The predicted octanol–water partition coefficient (Wildman–Crippen LogP) is 4.49. The lowest BCUT2D eigenvalue weighted by atomic mass is 10.1. The summed E-state index contributed by atoms with van der Waals surface area (Å²) in [6, 6.07) is 18.1. The van der Waals surface area contributed by atoms with Crippen molar-refractivity contribution in [2.24, 2.45) is 0 Å². The molecule has 4 nitrogen and oxygen atoms in total. The summed E-state index contributed by atoms with van der Waals surface area (Å²) in [6.07, 6.45) is 2.35. The highest BCUT2D eigenvalue weighted by atomic mass is 32.2. The molecule has 0 bridgehead atoms. The number of aryl methyl sites for hydroxylation is 1. The Hall–Kier alpha value is -2.27. The Kier molecular flexibility index (Phi) is 7.76. The lowest BCUT2D eigenvalue weighted by Crippen LogP contribution is -2.50. The zero-order valence-electron chi connectivity index (χ0n) is 17.3. The van der Waals surface area contributed by atoms with Crippen molar-refractivity contribution in [3.05, 3.63) is 65.7 Å². The van der Waals surface area contributed by atoms with Gasteiger partial charge in [-0.3, -0.25) is 9.59 Å². The van der Waals surface area contributed by atoms with Crippen LogP contribution < -0.4 is 0 Å². The Bertz CT molecular complexity index is 815. The molecule has 1 fully saturated rings. The second kappa shape index (κ2) is 10.5. The molecule has 2 amide bonds. The molecule has 1 aliphatic rings. The topological polar surface area (TPSA) is 40.6 Å². The average Bonchev–Trinajstić information content (AvgIpc) is 2.74. The number of thioether (sulfide) groups is 1. The molecule has 2 aromatic carbocycles. The van der Waals surface area contributed by atoms with E-state index in [1.54, 1.807) is 11.8 Å². The van der Waals surface area contributed by atoms with Crippen LogP contribution >= 0.6 is 11.8 Å². The third-order valence-corrected chi connectivity index (χ3v) is 6.18. The van der Waals surface area contributed by atoms with Gasteiger partial charge in [-0.25, -0.2) is 0 Å². The van der Waals surface area contributed by atoms with Crippen LogP contribution in [0.5, 0.6) is 0 Å². The molecular weight excluding hydrogens is 380 g/mol. The van der Waals surface area contributed by atoms with Crippen molar-refractivity contribution in [3.63, 3.8) is 0 Å². The molecule has 0 aromatic heterocycles. The molecule has 3 rings (SSSR count). The van der Waals surface area contributed by atoms with Crippen LogP contribution in [0.3, 0.4) is 0 Å². The highest BCUT2D eigenvalue weighted by Crippen LogP contribution is 2.27. The van der Waals surface area contributed by atoms with E-state index in [1.165, 1.54) is 5.56 Å². The van der Waals surface area contributed by atoms with Gasteiger partial charge in [0.2, 0.25) is 5.91 Å². The normalized spacial score (nSPS) is 14.3. The summed E-state index contributed by atoms with van der Waals surface area (Å²) in [5.41, 5.74) is 2.04. The van der Waals surface area contributed by atoms with Gasteiger partial charge in [0.25, 0.3) is 5.91 Å². The van der Waals surface area contributed by atoms with Crippen molar-refractivity contribution in [1.29, 1.82) is 0 Å². The molecule has 29 heavy (non-hydrogen) atoms. The maximum atomic E-state index is 13.0. The van der Waals surface area contributed by atoms with E-state index in [0.717, 1.165) is 23.3 Å². The van der Waals surface area contributed by atoms with E-state index in [-0.39, 0.29) is 11.8 Å². The van der Waals surface area contributed by atoms with E-state index >= 15 is 0 Å². The Morgan fingerprint density at radius 2 is 1.52 bits per heavy atom. The summed E-state index contributed by atoms with van der Waals surface area (Å²) >= 11 is 1.72. The third-order valence-electron chi connectivity index (χ3n) is 5.10. The minimum atomic E-state index is 0.0740. The van der Waals surface area contributed by atoms with E-state index < -0.39 is 0 Å². The fourth-order valence-corrected chi connectivity index (χ4v) is 4.52. The molecule has 0 saturated carbocycles. The first kappa shape index (κ1) is 21.4. The van der Waals surface area contributed by atoms with Gasteiger partial charge < -0.3 is 9.80 Å². The van der Waals surface area contributed by atoms with Crippen molar-refractivity contribution in [3.8, 4) is 0 Å². The van der Waals surface area contributed by atoms with Gasteiger partial charge in [0.15, 0.2) is 0 Å². The van der Waals surface area contributed by atoms with Gasteiger partial charge in [-0.1, -0.05) is 56.3 Å². The first-order valence-electron chi connectivity index (χ1n) is 10.4. The number of benzene rings is 2. The van der Waals surface area contributed by atoms with Crippen LogP contribution in [-0.4, -0.2) is 53.0 Å². The number of piperazine rings is 1. The van der Waals surface area contributed by atoms with E-state index in [0.29, 0.717) is 37.8 Å². The zero-order chi connectivity index (χ0) is 20.6.